The number of hydrogen-bond donors (Lipinski definition) is 5. The number of nitrogens with zero attached hydrogens (tertiary/aromatic N) is 4. The van der Waals surface area contributed by atoms with Crippen LogP contribution < -0.4 is 20.9 Å². The SMILES string of the molecule is CC(C)(C)C(NC(=O)c1cc2cc(C(F)(F)P(=O)(O)O)ccc2s1)C(=O)N1CCCC1C(=O)N(CCC(=O)NCCCC#Cc1cccc2c1CN(C1CCC(=O)NC1=O)C2=O)c1ccc(-c2nccs2)cc1. The number of carbonyl (C=O) groups excluding carboxylic acids is 7. The fraction of sp³-hybridized carbons (Fsp3) is 0.373. The smallest absolute Gasteiger partial charge is 0.356 e. The molecule has 5 heterocycles. The molecule has 0 aliphatic carbocycles. The van der Waals surface area contributed by atoms with Crippen LogP contribution in [-0.4, -0.2) is 104 Å². The lowest BCUT2D eigenvalue weighted by Crippen LogP contribution is -2.58. The maximum atomic E-state index is 14.8. The molecule has 382 valence electrons. The first-order valence-corrected chi connectivity index (χ1v) is 26.9. The molecule has 8 rings (SSSR count). The number of nitrogens with one attached hydrogen (secondary N) is 3. The molecule has 2 saturated heterocycles. The van der Waals surface area contributed by atoms with Gasteiger partial charge in [-0.15, -0.1) is 22.7 Å². The van der Waals surface area contributed by atoms with E-state index in [1.165, 1.54) is 38.2 Å². The van der Waals surface area contributed by atoms with E-state index in [0.29, 0.717) is 59.3 Å². The van der Waals surface area contributed by atoms with Gasteiger partial charge in [0.2, 0.25) is 29.5 Å². The minimum Gasteiger partial charge on any atom is -0.356 e. The zero-order valence-electron chi connectivity index (χ0n) is 40.0. The standard InChI is InChI=1S/C51H52F2N7O10PS2/c1-50(2,3)43(57-45(64)40-28-32-27-33(15-19-39(32)73-40)51(52,53)71(68,69)70)49(67)59-24-8-12-38(59)48(66)58(34-16-13-31(14-17-34)46-55-23-26-72-46)25-21-41(61)54-22-6-4-5-9-30-10-7-11-35-36(30)29-60(47(35)65)37-18-20-42(62)56-44(37)63/h7,10-11,13-17,19,23,26-28,37-38,43H,4,6,8,12,18,20-22,24-25,29H2,1-3H3,(H,54,61)(H,57,64)(H,56,62,63)(H2,68,69,70). The highest BCUT2D eigenvalue weighted by Gasteiger charge is 2.50. The number of piperidine rings is 1. The van der Waals surface area contributed by atoms with E-state index in [1.54, 1.807) is 57.3 Å². The van der Waals surface area contributed by atoms with Crippen LogP contribution in [0.5, 0.6) is 0 Å². The Morgan fingerprint density at radius 3 is 2.49 bits per heavy atom. The summed E-state index contributed by atoms with van der Waals surface area (Å²) in [6.07, 6.45) is 3.73. The summed E-state index contributed by atoms with van der Waals surface area (Å²) in [6, 6.07) is 13.9. The van der Waals surface area contributed by atoms with Gasteiger partial charge in [-0.25, -0.2) is 4.98 Å². The molecular formula is C51H52F2N7O10PS2. The van der Waals surface area contributed by atoms with E-state index in [2.05, 4.69) is 32.8 Å². The van der Waals surface area contributed by atoms with Gasteiger partial charge in [0.25, 0.3) is 11.8 Å². The zero-order chi connectivity index (χ0) is 52.4. The molecule has 0 saturated carbocycles. The Labute approximate surface area is 426 Å². The first-order valence-electron chi connectivity index (χ1n) is 23.5. The van der Waals surface area contributed by atoms with Crippen molar-refractivity contribution in [2.75, 3.05) is 24.5 Å². The number of imide groups is 1. The number of hydrogen-bond acceptors (Lipinski definition) is 11. The summed E-state index contributed by atoms with van der Waals surface area (Å²) in [6.45, 7) is 5.93. The predicted molar refractivity (Wildman–Crippen MR) is 269 cm³/mol. The molecular weight excluding hydrogens is 1000 g/mol. The third-order valence-electron chi connectivity index (χ3n) is 13.0. The molecule has 3 aromatic carbocycles. The summed E-state index contributed by atoms with van der Waals surface area (Å²) in [4.78, 5) is 121. The van der Waals surface area contributed by atoms with Crippen LogP contribution in [0.15, 0.2) is 78.3 Å². The Bertz CT molecular complexity index is 3110. The number of anilines is 1. The van der Waals surface area contributed by atoms with Crippen molar-refractivity contribution in [3.63, 3.8) is 0 Å². The number of rotatable bonds is 15. The molecule has 2 fully saturated rings. The lowest BCUT2D eigenvalue weighted by Gasteiger charge is -2.36. The molecule has 0 bridgehead atoms. The lowest BCUT2D eigenvalue weighted by molar-refractivity contribution is -0.141. The van der Waals surface area contributed by atoms with Gasteiger partial charge in [-0.3, -0.25) is 43.4 Å². The number of likely N-dealkylation sites (tertiary alicyclic amines) is 1. The molecule has 5 aromatic rings. The van der Waals surface area contributed by atoms with E-state index < -0.39 is 66.0 Å². The molecule has 73 heavy (non-hydrogen) atoms. The van der Waals surface area contributed by atoms with E-state index in [1.807, 2.05) is 17.5 Å². The molecule has 5 N–H and O–H groups in total. The first-order chi connectivity index (χ1) is 34.6. The summed E-state index contributed by atoms with van der Waals surface area (Å²) < 4.78 is 41.0. The van der Waals surface area contributed by atoms with Gasteiger partial charge in [0.15, 0.2) is 0 Å². The number of carbonyl (C=O) groups is 7. The number of fused-ring (bicyclic) bond motifs is 2. The van der Waals surface area contributed by atoms with Crippen LogP contribution in [0.1, 0.15) is 102 Å². The van der Waals surface area contributed by atoms with E-state index in [4.69, 9.17) is 0 Å². The number of halogens is 2. The van der Waals surface area contributed by atoms with Crippen molar-refractivity contribution in [2.24, 2.45) is 5.41 Å². The number of thiazole rings is 1. The van der Waals surface area contributed by atoms with E-state index in [-0.39, 0.29) is 66.9 Å². The Morgan fingerprint density at radius 1 is 1.03 bits per heavy atom. The second-order valence-corrected chi connectivity index (χ2v) is 22.6. The minimum atomic E-state index is -5.84. The maximum Gasteiger partial charge on any atom is 0.399 e. The molecule has 17 nitrogen and oxygen atoms in total. The van der Waals surface area contributed by atoms with Gasteiger partial charge < -0.3 is 35.1 Å². The predicted octanol–water partition coefficient (Wildman–Crippen LogP) is 6.52. The van der Waals surface area contributed by atoms with Crippen molar-refractivity contribution >= 4 is 87.4 Å². The van der Waals surface area contributed by atoms with Gasteiger partial charge in [0.1, 0.15) is 23.1 Å². The second-order valence-electron chi connectivity index (χ2n) is 19.0. The minimum absolute atomic E-state index is 0.0273. The zero-order valence-corrected chi connectivity index (χ0v) is 42.5. The fourth-order valence-electron chi connectivity index (χ4n) is 9.08. The second kappa shape index (κ2) is 21.4. The van der Waals surface area contributed by atoms with E-state index in [9.17, 15) is 56.7 Å². The summed E-state index contributed by atoms with van der Waals surface area (Å²) in [5, 5.41) is 10.8. The van der Waals surface area contributed by atoms with Gasteiger partial charge in [-0.1, -0.05) is 44.7 Å². The summed E-state index contributed by atoms with van der Waals surface area (Å²) in [7, 11) is -5.84. The summed E-state index contributed by atoms with van der Waals surface area (Å²) in [5.74, 6) is 3.17. The van der Waals surface area contributed by atoms with Crippen LogP contribution >= 0.6 is 30.3 Å². The van der Waals surface area contributed by atoms with Crippen LogP contribution in [0, 0.1) is 17.3 Å². The van der Waals surface area contributed by atoms with Crippen molar-refractivity contribution in [3.8, 4) is 22.4 Å². The molecule has 3 aliphatic rings. The number of alkyl halides is 2. The molecule has 0 radical (unpaired) electrons. The number of benzene rings is 3. The van der Waals surface area contributed by atoms with Gasteiger partial charge in [-0.05, 0) is 96.6 Å². The molecule has 3 unspecified atom stereocenters. The van der Waals surface area contributed by atoms with Crippen molar-refractivity contribution < 1.29 is 56.7 Å². The number of thiophene rings is 1. The van der Waals surface area contributed by atoms with Gasteiger partial charge in [-0.2, -0.15) is 8.78 Å². The van der Waals surface area contributed by atoms with Crippen molar-refractivity contribution in [3.05, 3.63) is 105 Å². The van der Waals surface area contributed by atoms with Crippen LogP contribution in [0.25, 0.3) is 20.7 Å². The summed E-state index contributed by atoms with van der Waals surface area (Å²) >= 11 is 2.40. The summed E-state index contributed by atoms with van der Waals surface area (Å²) in [5.41, 5.74) is -3.09. The Hall–Kier alpha value is -6.69. The normalized spacial score (nSPS) is 17.4. The van der Waals surface area contributed by atoms with E-state index in [0.717, 1.165) is 34.0 Å². The lowest BCUT2D eigenvalue weighted by atomic mass is 9.85. The maximum absolute atomic E-state index is 14.8. The van der Waals surface area contributed by atoms with Gasteiger partial charge >= 0.3 is 13.3 Å². The highest BCUT2D eigenvalue weighted by molar-refractivity contribution is 7.52. The highest BCUT2D eigenvalue weighted by Crippen LogP contribution is 2.59. The molecule has 0 spiro atoms. The molecule has 3 aliphatic heterocycles. The van der Waals surface area contributed by atoms with Crippen LogP contribution in [0.3, 0.4) is 0 Å². The highest BCUT2D eigenvalue weighted by atomic mass is 32.1. The van der Waals surface area contributed by atoms with Crippen molar-refractivity contribution in [1.29, 1.82) is 0 Å². The van der Waals surface area contributed by atoms with Gasteiger partial charge in [0, 0.05) is 89.7 Å². The average molecular weight is 1060 g/mol. The number of amides is 7. The largest absolute Gasteiger partial charge is 0.399 e. The fourth-order valence-corrected chi connectivity index (χ4v) is 11.1. The third kappa shape index (κ3) is 11.4. The molecule has 2 aromatic heterocycles. The van der Waals surface area contributed by atoms with Crippen LogP contribution in [0.2, 0.25) is 0 Å². The van der Waals surface area contributed by atoms with Crippen molar-refractivity contribution in [1.82, 2.24) is 30.7 Å². The Balaban J connectivity index is 0.915. The molecule has 3 atom stereocenters. The van der Waals surface area contributed by atoms with Gasteiger partial charge in [0.05, 0.1) is 4.88 Å². The Morgan fingerprint density at radius 2 is 1.79 bits per heavy atom. The monoisotopic (exact) mass is 1060 g/mol. The average Bonchev–Trinajstić information content (AvgIpc) is 4.19. The quantitative estimate of drug-likeness (QED) is 0.0328. The van der Waals surface area contributed by atoms with Crippen LogP contribution in [0.4, 0.5) is 14.5 Å². The third-order valence-corrected chi connectivity index (χ3v) is 15.9. The molecule has 22 heteroatoms. The first kappa shape index (κ1) is 52.6. The topological polar surface area (TPSA) is 236 Å². The van der Waals surface area contributed by atoms with E-state index >= 15 is 0 Å². The number of aromatic nitrogens is 1. The Kier molecular flexibility index (Phi) is 15.4. The van der Waals surface area contributed by atoms with Crippen LogP contribution in [-0.2, 0) is 40.7 Å². The molecule has 7 amide bonds. The van der Waals surface area contributed by atoms with Crippen molar-refractivity contribution in [2.45, 2.75) is 96.1 Å². The number of unbranched alkanes of at least 4 members (excludes halogenated alkanes) is 1.